The van der Waals surface area contributed by atoms with Crippen molar-refractivity contribution >= 4 is 34.7 Å². The first kappa shape index (κ1) is 19.0. The minimum atomic E-state index is -0.567. The van der Waals surface area contributed by atoms with Crippen LogP contribution in [0.3, 0.4) is 0 Å². The van der Waals surface area contributed by atoms with Crippen LogP contribution in [0, 0.1) is 6.92 Å². The summed E-state index contributed by atoms with van der Waals surface area (Å²) >= 11 is 6.26. The molecule has 5 nitrogen and oxygen atoms in total. The summed E-state index contributed by atoms with van der Waals surface area (Å²) in [6.45, 7) is 5.73. The molecule has 1 heterocycles. The number of hydrogen-bond acceptors (Lipinski definition) is 4. The molecule has 3 rings (SSSR count). The zero-order valence-electron chi connectivity index (χ0n) is 15.6. The number of carbonyl (C=O) groups is 2. The van der Waals surface area contributed by atoms with Gasteiger partial charge in [0.15, 0.2) is 0 Å². The monoisotopic (exact) mass is 385 g/mol. The maximum atomic E-state index is 13.0. The summed E-state index contributed by atoms with van der Waals surface area (Å²) in [5.41, 5.74) is 2.00. The summed E-state index contributed by atoms with van der Waals surface area (Å²) in [6, 6.07) is 12.2. The van der Waals surface area contributed by atoms with Crippen LogP contribution in [0.1, 0.15) is 25.0 Å². The lowest BCUT2D eigenvalue weighted by molar-refractivity contribution is -0.119. The van der Waals surface area contributed by atoms with Gasteiger partial charge in [-0.2, -0.15) is 0 Å². The Balaban J connectivity index is 1.99. The number of hydrogen-bond donors (Lipinski definition) is 0. The molecule has 0 aromatic heterocycles. The Kier molecular flexibility index (Phi) is 5.24. The lowest BCUT2D eigenvalue weighted by Crippen LogP contribution is -2.31. The summed E-state index contributed by atoms with van der Waals surface area (Å²) in [6.07, 6.45) is 0.0395. The number of imide groups is 1. The standard InChI is InChI=1S/C21H20ClNO4/c1-12(2)27-15-8-6-14(7-9-15)18-19(22)21(25)23(20(18)24)16-11-13(3)5-10-17(16)26-4/h5-12H,1-4H3. The normalized spacial score (nSPS) is 14.4. The highest BCUT2D eigenvalue weighted by Gasteiger charge is 2.40. The van der Waals surface area contributed by atoms with E-state index in [1.54, 1.807) is 36.4 Å². The summed E-state index contributed by atoms with van der Waals surface area (Å²) in [7, 11) is 1.49. The first-order valence-corrected chi connectivity index (χ1v) is 8.91. The summed E-state index contributed by atoms with van der Waals surface area (Å²) in [5.74, 6) is 0.0580. The van der Waals surface area contributed by atoms with Crippen LogP contribution < -0.4 is 14.4 Å². The van der Waals surface area contributed by atoms with E-state index in [9.17, 15) is 9.59 Å². The third kappa shape index (κ3) is 3.55. The average molecular weight is 386 g/mol. The maximum absolute atomic E-state index is 13.0. The molecule has 0 fully saturated rings. The van der Waals surface area contributed by atoms with Crippen molar-refractivity contribution in [1.29, 1.82) is 0 Å². The van der Waals surface area contributed by atoms with Gasteiger partial charge in [0.25, 0.3) is 11.8 Å². The number of benzene rings is 2. The van der Waals surface area contributed by atoms with E-state index in [2.05, 4.69) is 0 Å². The molecule has 1 aliphatic heterocycles. The van der Waals surface area contributed by atoms with E-state index in [1.807, 2.05) is 26.8 Å². The van der Waals surface area contributed by atoms with Crippen LogP contribution in [0.15, 0.2) is 47.5 Å². The van der Waals surface area contributed by atoms with Gasteiger partial charge in [0.05, 0.1) is 24.5 Å². The molecule has 0 saturated carbocycles. The predicted octanol–water partition coefficient (Wildman–Crippen LogP) is 4.31. The van der Waals surface area contributed by atoms with Crippen molar-refractivity contribution < 1.29 is 19.1 Å². The van der Waals surface area contributed by atoms with Crippen LogP contribution in [0.5, 0.6) is 11.5 Å². The molecule has 1 aliphatic rings. The van der Waals surface area contributed by atoms with Crippen LogP contribution in [-0.2, 0) is 9.59 Å². The average Bonchev–Trinajstić information content (AvgIpc) is 2.84. The third-order valence-corrected chi connectivity index (χ3v) is 4.47. The van der Waals surface area contributed by atoms with Gasteiger partial charge in [-0.1, -0.05) is 29.8 Å². The zero-order valence-corrected chi connectivity index (χ0v) is 16.3. The molecular formula is C21H20ClNO4. The number of anilines is 1. The molecule has 140 valence electrons. The van der Waals surface area contributed by atoms with Gasteiger partial charge in [-0.05, 0) is 56.2 Å². The Morgan fingerprint density at radius 2 is 1.67 bits per heavy atom. The fraction of sp³-hybridized carbons (Fsp3) is 0.238. The number of carbonyl (C=O) groups excluding carboxylic acids is 2. The van der Waals surface area contributed by atoms with Crippen molar-refractivity contribution in [3.8, 4) is 11.5 Å². The van der Waals surface area contributed by atoms with E-state index in [0.29, 0.717) is 22.7 Å². The second kappa shape index (κ2) is 7.45. The molecule has 2 aromatic rings. The predicted molar refractivity (Wildman–Crippen MR) is 105 cm³/mol. The summed E-state index contributed by atoms with van der Waals surface area (Å²) < 4.78 is 10.9. The molecule has 0 saturated heterocycles. The Labute approximate surface area is 163 Å². The number of ether oxygens (including phenoxy) is 2. The van der Waals surface area contributed by atoms with E-state index in [4.69, 9.17) is 21.1 Å². The zero-order chi connectivity index (χ0) is 19.7. The third-order valence-electron chi connectivity index (χ3n) is 4.12. The van der Waals surface area contributed by atoms with Gasteiger partial charge in [0.1, 0.15) is 16.5 Å². The van der Waals surface area contributed by atoms with E-state index in [1.165, 1.54) is 7.11 Å². The molecule has 0 unspecified atom stereocenters. The lowest BCUT2D eigenvalue weighted by Gasteiger charge is -2.18. The lowest BCUT2D eigenvalue weighted by atomic mass is 10.1. The smallest absolute Gasteiger partial charge is 0.277 e. The van der Waals surface area contributed by atoms with Crippen LogP contribution >= 0.6 is 11.6 Å². The van der Waals surface area contributed by atoms with Crippen molar-refractivity contribution in [3.05, 3.63) is 58.6 Å². The van der Waals surface area contributed by atoms with Gasteiger partial charge in [-0.15, -0.1) is 0 Å². The number of amides is 2. The number of methoxy groups -OCH3 is 1. The largest absolute Gasteiger partial charge is 0.495 e. The van der Waals surface area contributed by atoms with Gasteiger partial charge in [-0.25, -0.2) is 4.90 Å². The van der Waals surface area contributed by atoms with Gasteiger partial charge >= 0.3 is 0 Å². The van der Waals surface area contributed by atoms with Crippen molar-refractivity contribution in [2.45, 2.75) is 26.9 Å². The number of nitrogens with zero attached hydrogens (tertiary/aromatic N) is 1. The molecule has 0 atom stereocenters. The molecule has 6 heteroatoms. The summed E-state index contributed by atoms with van der Waals surface area (Å²) in [4.78, 5) is 26.8. The highest BCUT2D eigenvalue weighted by Crippen LogP contribution is 2.39. The van der Waals surface area contributed by atoms with Gasteiger partial charge in [0, 0.05) is 0 Å². The van der Waals surface area contributed by atoms with E-state index in [-0.39, 0.29) is 16.7 Å². The molecule has 0 N–H and O–H groups in total. The highest BCUT2D eigenvalue weighted by atomic mass is 35.5. The van der Waals surface area contributed by atoms with E-state index < -0.39 is 11.8 Å². The van der Waals surface area contributed by atoms with Crippen LogP contribution in [0.4, 0.5) is 5.69 Å². The minimum absolute atomic E-state index is 0.0395. The van der Waals surface area contributed by atoms with Crippen molar-refractivity contribution in [2.75, 3.05) is 12.0 Å². The Morgan fingerprint density at radius 1 is 1.00 bits per heavy atom. The Morgan fingerprint density at radius 3 is 2.26 bits per heavy atom. The Hall–Kier alpha value is -2.79. The van der Waals surface area contributed by atoms with Gasteiger partial charge in [-0.3, -0.25) is 9.59 Å². The fourth-order valence-electron chi connectivity index (χ4n) is 2.92. The fourth-order valence-corrected chi connectivity index (χ4v) is 3.19. The Bertz CT molecular complexity index is 932. The minimum Gasteiger partial charge on any atom is -0.495 e. The van der Waals surface area contributed by atoms with E-state index >= 15 is 0 Å². The molecule has 0 aliphatic carbocycles. The van der Waals surface area contributed by atoms with Crippen molar-refractivity contribution in [1.82, 2.24) is 0 Å². The van der Waals surface area contributed by atoms with Crippen LogP contribution in [0.2, 0.25) is 0 Å². The van der Waals surface area contributed by atoms with Gasteiger partial charge in [0.2, 0.25) is 0 Å². The summed E-state index contributed by atoms with van der Waals surface area (Å²) in [5, 5.41) is -0.110. The van der Waals surface area contributed by atoms with Crippen LogP contribution in [0.25, 0.3) is 5.57 Å². The first-order chi connectivity index (χ1) is 12.8. The molecular weight excluding hydrogens is 366 g/mol. The molecule has 0 bridgehead atoms. The maximum Gasteiger partial charge on any atom is 0.277 e. The quantitative estimate of drug-likeness (QED) is 0.719. The molecule has 0 radical (unpaired) electrons. The van der Waals surface area contributed by atoms with Crippen molar-refractivity contribution in [2.24, 2.45) is 0 Å². The van der Waals surface area contributed by atoms with Crippen molar-refractivity contribution in [3.63, 3.8) is 0 Å². The number of aryl methyl sites for hydroxylation is 1. The molecule has 27 heavy (non-hydrogen) atoms. The highest BCUT2D eigenvalue weighted by molar-refractivity contribution is 6.60. The molecule has 2 aromatic carbocycles. The van der Waals surface area contributed by atoms with Crippen LogP contribution in [-0.4, -0.2) is 25.0 Å². The first-order valence-electron chi connectivity index (χ1n) is 8.53. The SMILES string of the molecule is COc1ccc(C)cc1N1C(=O)C(Cl)=C(c2ccc(OC(C)C)cc2)C1=O. The topological polar surface area (TPSA) is 55.8 Å². The molecule has 0 spiro atoms. The second-order valence-corrected chi connectivity index (χ2v) is 6.88. The number of rotatable bonds is 5. The second-order valence-electron chi connectivity index (χ2n) is 6.50. The molecule has 2 amide bonds. The van der Waals surface area contributed by atoms with Gasteiger partial charge < -0.3 is 9.47 Å². The number of halogens is 1. The van der Waals surface area contributed by atoms with E-state index in [0.717, 1.165) is 10.5 Å².